The lowest BCUT2D eigenvalue weighted by Crippen LogP contribution is -2.39. The minimum absolute atomic E-state index is 0.00871. The third-order valence-corrected chi connectivity index (χ3v) is 7.56. The van der Waals surface area contributed by atoms with Crippen LogP contribution in [0.25, 0.3) is 0 Å². The Hall–Kier alpha value is -1.67. The highest BCUT2D eigenvalue weighted by molar-refractivity contribution is 7.87. The fourth-order valence-corrected chi connectivity index (χ4v) is 5.86. The van der Waals surface area contributed by atoms with Gasteiger partial charge in [0.1, 0.15) is 10.8 Å². The smallest absolute Gasteiger partial charge is 0.283 e. The highest BCUT2D eigenvalue weighted by Gasteiger charge is 2.53. The SMILES string of the molecule is O=S(=O)(O)C(c1ccccc1)(c1ccccc1O)c1c(Cl)c(O)c(Cl)c(Cl)c1Cl. The van der Waals surface area contributed by atoms with Crippen molar-refractivity contribution in [3.8, 4) is 11.5 Å². The molecule has 0 aliphatic carbocycles. The van der Waals surface area contributed by atoms with Crippen molar-refractivity contribution in [2.24, 2.45) is 0 Å². The molecule has 1 atom stereocenters. The molecule has 0 saturated heterocycles. The Morgan fingerprint density at radius 3 is 1.83 bits per heavy atom. The maximum Gasteiger partial charge on any atom is 0.283 e. The summed E-state index contributed by atoms with van der Waals surface area (Å²) in [6.45, 7) is 0. The van der Waals surface area contributed by atoms with Crippen LogP contribution in [-0.4, -0.2) is 23.2 Å². The summed E-state index contributed by atoms with van der Waals surface area (Å²) >= 11 is 24.7. The summed E-state index contributed by atoms with van der Waals surface area (Å²) in [7, 11) is -5.14. The van der Waals surface area contributed by atoms with Gasteiger partial charge in [0.15, 0.2) is 10.5 Å². The summed E-state index contributed by atoms with van der Waals surface area (Å²) < 4.78 is 33.9. The van der Waals surface area contributed by atoms with E-state index in [1.54, 1.807) is 6.07 Å². The van der Waals surface area contributed by atoms with Gasteiger partial charge in [-0.1, -0.05) is 94.9 Å². The zero-order valence-electron chi connectivity index (χ0n) is 14.3. The Balaban J connectivity index is 2.69. The summed E-state index contributed by atoms with van der Waals surface area (Å²) in [4.78, 5) is 0. The minimum Gasteiger partial charge on any atom is -0.508 e. The van der Waals surface area contributed by atoms with Gasteiger partial charge >= 0.3 is 0 Å². The fraction of sp³-hybridized carbons (Fsp3) is 0.0526. The highest BCUT2D eigenvalue weighted by Crippen LogP contribution is 2.56. The molecule has 0 fully saturated rings. The van der Waals surface area contributed by atoms with Crippen molar-refractivity contribution in [2.45, 2.75) is 4.75 Å². The molecule has 0 aromatic heterocycles. The van der Waals surface area contributed by atoms with Crippen LogP contribution in [0.3, 0.4) is 0 Å². The van der Waals surface area contributed by atoms with Crippen LogP contribution in [0.15, 0.2) is 54.6 Å². The van der Waals surface area contributed by atoms with E-state index in [1.807, 2.05) is 0 Å². The molecular weight excluding hydrogens is 482 g/mol. The third kappa shape index (κ3) is 3.34. The lowest BCUT2D eigenvalue weighted by molar-refractivity contribution is 0.439. The average Bonchev–Trinajstić information content (AvgIpc) is 2.68. The van der Waals surface area contributed by atoms with Gasteiger partial charge in [-0.2, -0.15) is 8.42 Å². The van der Waals surface area contributed by atoms with Crippen LogP contribution >= 0.6 is 46.4 Å². The van der Waals surface area contributed by atoms with Crippen LogP contribution in [0, 0.1) is 0 Å². The first kappa shape index (κ1) is 22.0. The largest absolute Gasteiger partial charge is 0.508 e. The third-order valence-electron chi connectivity index (χ3n) is 4.44. The van der Waals surface area contributed by atoms with Gasteiger partial charge in [0.25, 0.3) is 10.1 Å². The molecule has 3 aromatic rings. The average molecular weight is 494 g/mol. The van der Waals surface area contributed by atoms with E-state index in [0.29, 0.717) is 0 Å². The summed E-state index contributed by atoms with van der Waals surface area (Å²) in [6, 6.07) is 12.9. The number of hydrogen-bond acceptors (Lipinski definition) is 4. The molecule has 3 aromatic carbocycles. The van der Waals surface area contributed by atoms with Crippen molar-refractivity contribution < 1.29 is 23.2 Å². The molecule has 0 amide bonds. The normalized spacial score (nSPS) is 13.8. The van der Waals surface area contributed by atoms with Crippen molar-refractivity contribution in [2.75, 3.05) is 0 Å². The van der Waals surface area contributed by atoms with Crippen LogP contribution < -0.4 is 0 Å². The number of phenolic OH excluding ortho intramolecular Hbond substituents is 2. The van der Waals surface area contributed by atoms with Crippen molar-refractivity contribution in [1.29, 1.82) is 0 Å². The van der Waals surface area contributed by atoms with Crippen LogP contribution in [0.4, 0.5) is 0 Å². The summed E-state index contributed by atoms with van der Waals surface area (Å²) in [6.07, 6.45) is 0. The van der Waals surface area contributed by atoms with Crippen LogP contribution in [0.2, 0.25) is 20.1 Å². The lowest BCUT2D eigenvalue weighted by atomic mass is 9.83. The maximum absolute atomic E-state index is 13.0. The second-order valence-electron chi connectivity index (χ2n) is 6.02. The van der Waals surface area contributed by atoms with E-state index in [9.17, 15) is 23.2 Å². The maximum atomic E-state index is 13.0. The molecule has 10 heteroatoms. The van der Waals surface area contributed by atoms with Crippen LogP contribution in [0.1, 0.15) is 16.7 Å². The van der Waals surface area contributed by atoms with Gasteiger partial charge in [-0.25, -0.2) is 0 Å². The quantitative estimate of drug-likeness (QED) is 0.182. The van der Waals surface area contributed by atoms with E-state index in [1.165, 1.54) is 48.5 Å². The molecule has 0 saturated carbocycles. The van der Waals surface area contributed by atoms with Gasteiger partial charge < -0.3 is 10.2 Å². The molecule has 0 heterocycles. The first-order valence-electron chi connectivity index (χ1n) is 7.91. The number of rotatable bonds is 4. The standard InChI is InChI=1S/C19H12Cl4O5S/c20-14-13(15(21)18(25)17(23)16(14)22)19(29(26,27)28,10-6-2-1-3-7-10)11-8-4-5-9-12(11)24/h1-9,24-25H,(H,26,27,28). The Morgan fingerprint density at radius 1 is 0.724 bits per heavy atom. The molecule has 152 valence electrons. The fourth-order valence-electron chi connectivity index (χ4n) is 3.23. The van der Waals surface area contributed by atoms with Crippen molar-refractivity contribution in [1.82, 2.24) is 0 Å². The van der Waals surface area contributed by atoms with Gasteiger partial charge in [0, 0.05) is 11.1 Å². The van der Waals surface area contributed by atoms with Crippen LogP contribution in [-0.2, 0) is 14.9 Å². The second-order valence-corrected chi connectivity index (χ2v) is 9.09. The number of benzene rings is 3. The molecule has 0 radical (unpaired) electrons. The lowest BCUT2D eigenvalue weighted by Gasteiger charge is -2.34. The van der Waals surface area contributed by atoms with Gasteiger partial charge in [-0.15, -0.1) is 0 Å². The molecule has 29 heavy (non-hydrogen) atoms. The predicted molar refractivity (Wildman–Crippen MR) is 114 cm³/mol. The van der Waals surface area contributed by atoms with E-state index in [-0.39, 0.29) is 21.2 Å². The van der Waals surface area contributed by atoms with E-state index in [0.717, 1.165) is 0 Å². The number of aromatic hydroxyl groups is 2. The van der Waals surface area contributed by atoms with Gasteiger partial charge in [0.05, 0.1) is 15.1 Å². The van der Waals surface area contributed by atoms with E-state index in [4.69, 9.17) is 46.4 Å². The number of phenols is 2. The van der Waals surface area contributed by atoms with Crippen molar-refractivity contribution in [3.63, 3.8) is 0 Å². The van der Waals surface area contributed by atoms with Crippen molar-refractivity contribution >= 4 is 56.5 Å². The molecule has 0 aliphatic heterocycles. The first-order chi connectivity index (χ1) is 13.5. The summed E-state index contributed by atoms with van der Waals surface area (Å²) in [5, 5.41) is 19.1. The minimum atomic E-state index is -5.14. The monoisotopic (exact) mass is 492 g/mol. The zero-order chi connectivity index (χ0) is 21.6. The van der Waals surface area contributed by atoms with E-state index >= 15 is 0 Å². The molecule has 1 unspecified atom stereocenters. The molecule has 5 nitrogen and oxygen atoms in total. The predicted octanol–water partition coefficient (Wildman–Crippen LogP) is 5.89. The summed E-state index contributed by atoms with van der Waals surface area (Å²) in [5.74, 6) is -1.19. The summed E-state index contributed by atoms with van der Waals surface area (Å²) in [5.41, 5.74) is -0.719. The highest BCUT2D eigenvalue weighted by atomic mass is 35.5. The number of hydrogen-bond donors (Lipinski definition) is 3. The Labute approximate surface area is 186 Å². The number of halogens is 4. The Kier molecular flexibility index (Phi) is 5.98. The molecule has 3 N–H and O–H groups in total. The Morgan fingerprint density at radius 2 is 1.28 bits per heavy atom. The molecular formula is C19H12Cl4O5S. The molecule has 0 spiro atoms. The van der Waals surface area contributed by atoms with Gasteiger partial charge in [-0.05, 0) is 11.6 Å². The molecule has 0 bridgehead atoms. The topological polar surface area (TPSA) is 94.8 Å². The van der Waals surface area contributed by atoms with Gasteiger partial charge in [-0.3, -0.25) is 4.55 Å². The number of para-hydroxylation sites is 1. The van der Waals surface area contributed by atoms with E-state index < -0.39 is 42.0 Å². The first-order valence-corrected chi connectivity index (χ1v) is 10.9. The zero-order valence-corrected chi connectivity index (χ0v) is 18.1. The van der Waals surface area contributed by atoms with Crippen LogP contribution in [0.5, 0.6) is 11.5 Å². The van der Waals surface area contributed by atoms with Crippen molar-refractivity contribution in [3.05, 3.63) is 91.4 Å². The van der Waals surface area contributed by atoms with Gasteiger partial charge in [0.2, 0.25) is 0 Å². The Bertz CT molecular complexity index is 1170. The molecule has 3 rings (SSSR count). The molecule has 0 aliphatic rings. The second kappa shape index (κ2) is 7.87. The van der Waals surface area contributed by atoms with E-state index in [2.05, 4.69) is 0 Å².